The number of amides is 2. The maximum absolute atomic E-state index is 12.2. The number of methoxy groups -OCH3 is 1. The number of anilines is 1. The Hall–Kier alpha value is -1.90. The molecule has 2 amide bonds. The van der Waals surface area contributed by atoms with Gasteiger partial charge in [0.1, 0.15) is 6.61 Å². The fourth-order valence-electron chi connectivity index (χ4n) is 3.34. The van der Waals surface area contributed by atoms with E-state index in [-0.39, 0.29) is 12.1 Å². The number of piperidine rings is 1. The van der Waals surface area contributed by atoms with Gasteiger partial charge in [0.15, 0.2) is 0 Å². The lowest BCUT2D eigenvalue weighted by Crippen LogP contribution is -2.49. The summed E-state index contributed by atoms with van der Waals surface area (Å²) in [6.07, 6.45) is 4.64. The van der Waals surface area contributed by atoms with Gasteiger partial charge in [-0.15, -0.1) is 0 Å². The van der Waals surface area contributed by atoms with Gasteiger partial charge in [0.05, 0.1) is 25.1 Å². The van der Waals surface area contributed by atoms with E-state index in [1.54, 1.807) is 25.4 Å². The van der Waals surface area contributed by atoms with Crippen molar-refractivity contribution in [2.24, 2.45) is 0 Å². The number of likely N-dealkylation sites (tertiary alicyclic amines) is 1. The Morgan fingerprint density at radius 1 is 1.31 bits per heavy atom. The zero-order valence-corrected chi connectivity index (χ0v) is 15.3. The molecular weight excluding hydrogens is 336 g/mol. The normalized spacial score (nSPS) is 21.5. The molecule has 0 radical (unpaired) electrons. The summed E-state index contributed by atoms with van der Waals surface area (Å²) in [5, 5.41) is 5.88. The van der Waals surface area contributed by atoms with E-state index in [2.05, 4.69) is 20.5 Å². The Morgan fingerprint density at radius 2 is 2.15 bits per heavy atom. The number of hydrogen-bond acceptors (Lipinski definition) is 6. The van der Waals surface area contributed by atoms with Crippen molar-refractivity contribution < 1.29 is 19.0 Å². The highest BCUT2D eigenvalue weighted by molar-refractivity contribution is 5.89. The number of nitrogens with zero attached hydrogens (tertiary/aromatic N) is 2. The van der Waals surface area contributed by atoms with E-state index in [4.69, 9.17) is 14.2 Å². The molecule has 0 saturated carbocycles. The van der Waals surface area contributed by atoms with Crippen molar-refractivity contribution in [1.82, 2.24) is 15.2 Å². The van der Waals surface area contributed by atoms with Gasteiger partial charge in [-0.3, -0.25) is 4.90 Å². The quantitative estimate of drug-likeness (QED) is 0.713. The zero-order valence-electron chi connectivity index (χ0n) is 15.3. The summed E-state index contributed by atoms with van der Waals surface area (Å²) >= 11 is 0. The molecule has 1 aromatic rings. The van der Waals surface area contributed by atoms with E-state index < -0.39 is 0 Å². The van der Waals surface area contributed by atoms with Gasteiger partial charge in [-0.25, -0.2) is 9.78 Å². The summed E-state index contributed by atoms with van der Waals surface area (Å²) in [7, 11) is 1.62. The van der Waals surface area contributed by atoms with E-state index in [0.29, 0.717) is 30.8 Å². The minimum absolute atomic E-state index is 0.192. The number of urea groups is 1. The van der Waals surface area contributed by atoms with Crippen LogP contribution in [0.3, 0.4) is 0 Å². The van der Waals surface area contributed by atoms with E-state index in [1.165, 1.54) is 0 Å². The maximum atomic E-state index is 12.2. The summed E-state index contributed by atoms with van der Waals surface area (Å²) in [6.45, 7) is 4.69. The van der Waals surface area contributed by atoms with Crippen molar-refractivity contribution in [3.05, 3.63) is 18.3 Å². The first kappa shape index (κ1) is 18.9. The van der Waals surface area contributed by atoms with Crippen LogP contribution in [0.2, 0.25) is 0 Å². The van der Waals surface area contributed by atoms with Gasteiger partial charge in [0, 0.05) is 45.0 Å². The molecule has 0 aromatic carbocycles. The molecular formula is C18H28N4O4. The van der Waals surface area contributed by atoms with Gasteiger partial charge < -0.3 is 24.8 Å². The van der Waals surface area contributed by atoms with Gasteiger partial charge in [0.25, 0.3) is 0 Å². The molecule has 1 aromatic heterocycles. The van der Waals surface area contributed by atoms with Crippen molar-refractivity contribution in [2.75, 3.05) is 51.9 Å². The standard InChI is InChI=1S/C18H28N4O4/c1-24-10-11-26-17-3-2-15(12-19-17)21-18(23)20-14-4-7-22(8-5-14)16-6-9-25-13-16/h2-3,12,14,16H,4-11,13H2,1H3,(H2,20,21,23)/t16-/m1/s1. The molecule has 1 atom stereocenters. The molecule has 144 valence electrons. The highest BCUT2D eigenvalue weighted by atomic mass is 16.5. The second kappa shape index (κ2) is 9.70. The smallest absolute Gasteiger partial charge is 0.319 e. The van der Waals surface area contributed by atoms with E-state index in [9.17, 15) is 4.79 Å². The third-order valence-corrected chi connectivity index (χ3v) is 4.82. The highest BCUT2D eigenvalue weighted by Crippen LogP contribution is 2.19. The van der Waals surface area contributed by atoms with Gasteiger partial charge in [-0.1, -0.05) is 0 Å². The van der Waals surface area contributed by atoms with Crippen LogP contribution in [0.15, 0.2) is 18.3 Å². The number of aromatic nitrogens is 1. The van der Waals surface area contributed by atoms with Gasteiger partial charge >= 0.3 is 6.03 Å². The molecule has 2 saturated heterocycles. The van der Waals surface area contributed by atoms with Crippen molar-refractivity contribution in [3.8, 4) is 5.88 Å². The summed E-state index contributed by atoms with van der Waals surface area (Å²) < 4.78 is 15.8. The van der Waals surface area contributed by atoms with Gasteiger partial charge in [0.2, 0.25) is 5.88 Å². The van der Waals surface area contributed by atoms with Gasteiger partial charge in [-0.05, 0) is 25.3 Å². The average Bonchev–Trinajstić information content (AvgIpc) is 3.19. The third kappa shape index (κ3) is 5.55. The van der Waals surface area contributed by atoms with Crippen molar-refractivity contribution >= 4 is 11.7 Å². The average molecular weight is 364 g/mol. The third-order valence-electron chi connectivity index (χ3n) is 4.82. The highest BCUT2D eigenvalue weighted by Gasteiger charge is 2.28. The number of rotatable bonds is 7. The molecule has 2 N–H and O–H groups in total. The fourth-order valence-corrected chi connectivity index (χ4v) is 3.34. The SMILES string of the molecule is COCCOc1ccc(NC(=O)NC2CCN([C@@H]3CCOC3)CC2)cn1. The second-order valence-corrected chi connectivity index (χ2v) is 6.65. The first-order valence-corrected chi connectivity index (χ1v) is 9.21. The molecule has 0 unspecified atom stereocenters. The molecule has 3 heterocycles. The lowest BCUT2D eigenvalue weighted by Gasteiger charge is -2.35. The molecule has 8 heteroatoms. The number of ether oxygens (including phenoxy) is 3. The first-order chi connectivity index (χ1) is 12.7. The number of nitrogens with one attached hydrogen (secondary N) is 2. The fraction of sp³-hybridized carbons (Fsp3) is 0.667. The molecule has 2 fully saturated rings. The van der Waals surface area contributed by atoms with Crippen LogP contribution in [0, 0.1) is 0 Å². The Bertz CT molecular complexity index is 555. The monoisotopic (exact) mass is 364 g/mol. The molecule has 2 aliphatic rings. The Morgan fingerprint density at radius 3 is 2.81 bits per heavy atom. The number of carbonyl (C=O) groups is 1. The minimum Gasteiger partial charge on any atom is -0.475 e. The first-order valence-electron chi connectivity index (χ1n) is 9.21. The zero-order chi connectivity index (χ0) is 18.2. The van der Waals surface area contributed by atoms with Crippen molar-refractivity contribution in [1.29, 1.82) is 0 Å². The molecule has 0 spiro atoms. The van der Waals surface area contributed by atoms with Crippen LogP contribution >= 0.6 is 0 Å². The molecule has 0 bridgehead atoms. The molecule has 8 nitrogen and oxygen atoms in total. The van der Waals surface area contributed by atoms with Crippen molar-refractivity contribution in [3.63, 3.8) is 0 Å². The van der Waals surface area contributed by atoms with Crippen molar-refractivity contribution in [2.45, 2.75) is 31.3 Å². The predicted molar refractivity (Wildman–Crippen MR) is 97.6 cm³/mol. The molecule has 2 aliphatic heterocycles. The lowest BCUT2D eigenvalue weighted by atomic mass is 10.0. The Labute approximate surface area is 154 Å². The second-order valence-electron chi connectivity index (χ2n) is 6.65. The molecule has 3 rings (SSSR count). The topological polar surface area (TPSA) is 85.0 Å². The molecule has 0 aliphatic carbocycles. The van der Waals surface area contributed by atoms with Crippen LogP contribution < -0.4 is 15.4 Å². The van der Waals surface area contributed by atoms with E-state index in [0.717, 1.165) is 45.6 Å². The predicted octanol–water partition coefficient (Wildman–Crippen LogP) is 1.48. The van der Waals surface area contributed by atoms with E-state index >= 15 is 0 Å². The minimum atomic E-state index is -0.192. The van der Waals surface area contributed by atoms with Gasteiger partial charge in [-0.2, -0.15) is 0 Å². The van der Waals surface area contributed by atoms with Crippen LogP contribution in [0.25, 0.3) is 0 Å². The van der Waals surface area contributed by atoms with E-state index in [1.807, 2.05) is 0 Å². The number of hydrogen-bond donors (Lipinski definition) is 2. The Kier molecular flexibility index (Phi) is 7.04. The summed E-state index contributed by atoms with van der Waals surface area (Å²) in [5.74, 6) is 0.510. The largest absolute Gasteiger partial charge is 0.475 e. The van der Waals surface area contributed by atoms with Crippen LogP contribution in [-0.2, 0) is 9.47 Å². The maximum Gasteiger partial charge on any atom is 0.319 e. The van der Waals surface area contributed by atoms with Crippen LogP contribution in [0.1, 0.15) is 19.3 Å². The van der Waals surface area contributed by atoms with Crippen LogP contribution in [-0.4, -0.2) is 74.6 Å². The number of pyridine rings is 1. The summed E-state index contributed by atoms with van der Waals surface area (Å²) in [6, 6.07) is 4.08. The van der Waals surface area contributed by atoms with Crippen LogP contribution in [0.4, 0.5) is 10.5 Å². The summed E-state index contributed by atoms with van der Waals surface area (Å²) in [4.78, 5) is 18.8. The summed E-state index contributed by atoms with van der Waals surface area (Å²) in [5.41, 5.74) is 0.641. The lowest BCUT2D eigenvalue weighted by molar-refractivity contribution is 0.118. The molecule has 26 heavy (non-hydrogen) atoms. The number of carbonyl (C=O) groups excluding carboxylic acids is 1. The Balaban J connectivity index is 1.37. The van der Waals surface area contributed by atoms with Crippen LogP contribution in [0.5, 0.6) is 5.88 Å².